The minimum atomic E-state index is -0.876. The predicted octanol–water partition coefficient (Wildman–Crippen LogP) is 4.87. The average Bonchev–Trinajstić information content (AvgIpc) is 2.65. The molecule has 2 aromatic carbocycles. The van der Waals surface area contributed by atoms with E-state index < -0.39 is 6.23 Å². The molecule has 4 nitrogen and oxygen atoms in total. The molecule has 0 saturated heterocycles. The van der Waals surface area contributed by atoms with Crippen molar-refractivity contribution in [3.05, 3.63) is 81.5 Å². The predicted molar refractivity (Wildman–Crippen MR) is 113 cm³/mol. The molecule has 0 radical (unpaired) electrons. The minimum Gasteiger partial charge on any atom is -0.374 e. The molecule has 138 valence electrons. The lowest BCUT2D eigenvalue weighted by molar-refractivity contribution is 0.150. The molecule has 27 heavy (non-hydrogen) atoms. The monoisotopic (exact) mass is 417 g/mol. The number of nitrogens with one attached hydrogen (secondary N) is 1. The summed E-state index contributed by atoms with van der Waals surface area (Å²) in [6, 6.07) is 13.5. The van der Waals surface area contributed by atoms with Crippen molar-refractivity contribution in [1.82, 2.24) is 10.3 Å². The molecule has 2 heterocycles. The molecule has 2 aliphatic heterocycles. The first-order chi connectivity index (χ1) is 13.0. The Balaban J connectivity index is 1.72. The summed E-state index contributed by atoms with van der Waals surface area (Å²) in [6.07, 6.45) is 3.03. The van der Waals surface area contributed by atoms with Gasteiger partial charge in [-0.3, -0.25) is 5.32 Å². The second-order valence-electron chi connectivity index (χ2n) is 6.20. The molecular formula is C20H17Cl2N3OS. The highest BCUT2D eigenvalue weighted by Gasteiger charge is 2.30. The van der Waals surface area contributed by atoms with Gasteiger partial charge in [0.25, 0.3) is 0 Å². The zero-order valence-electron chi connectivity index (χ0n) is 14.5. The summed E-state index contributed by atoms with van der Waals surface area (Å²) in [4.78, 5) is 1.16. The van der Waals surface area contributed by atoms with Crippen molar-refractivity contribution in [2.24, 2.45) is 5.10 Å². The van der Waals surface area contributed by atoms with Crippen molar-refractivity contribution < 1.29 is 5.11 Å². The highest BCUT2D eigenvalue weighted by molar-refractivity contribution is 8.14. The van der Waals surface area contributed by atoms with Crippen LogP contribution in [0.15, 0.2) is 70.3 Å². The van der Waals surface area contributed by atoms with Crippen LogP contribution >= 0.6 is 35.0 Å². The topological polar surface area (TPSA) is 47.9 Å². The molecule has 0 amide bonds. The smallest absolute Gasteiger partial charge is 0.135 e. The van der Waals surface area contributed by atoms with Crippen molar-refractivity contribution in [2.45, 2.75) is 18.0 Å². The summed E-state index contributed by atoms with van der Waals surface area (Å²) in [5.41, 5.74) is 3.23. The van der Waals surface area contributed by atoms with Gasteiger partial charge in [-0.15, -0.1) is 0 Å². The van der Waals surface area contributed by atoms with Gasteiger partial charge in [0.15, 0.2) is 0 Å². The van der Waals surface area contributed by atoms with Gasteiger partial charge >= 0.3 is 0 Å². The number of aryl methyl sites for hydroxylation is 1. The van der Waals surface area contributed by atoms with Crippen LogP contribution in [0, 0.1) is 6.92 Å². The SMILES string of the molecule is Cc1ccccc1SC1=NN2CNC(O)C(c3c(Cl)cccc3Cl)=C2C=C1. The fourth-order valence-electron chi connectivity index (χ4n) is 3.06. The normalized spacial score (nSPS) is 19.2. The van der Waals surface area contributed by atoms with Gasteiger partial charge in [0, 0.05) is 26.1 Å². The molecule has 0 fully saturated rings. The number of rotatable bonds is 2. The van der Waals surface area contributed by atoms with E-state index in [0.717, 1.165) is 15.6 Å². The summed E-state index contributed by atoms with van der Waals surface area (Å²) in [7, 11) is 0. The van der Waals surface area contributed by atoms with Crippen molar-refractivity contribution in [3.8, 4) is 0 Å². The first-order valence-electron chi connectivity index (χ1n) is 8.42. The maximum absolute atomic E-state index is 10.5. The Morgan fingerprint density at radius 1 is 1.11 bits per heavy atom. The van der Waals surface area contributed by atoms with E-state index in [1.165, 1.54) is 5.56 Å². The molecule has 0 spiro atoms. The largest absolute Gasteiger partial charge is 0.374 e. The molecule has 0 bridgehead atoms. The first kappa shape index (κ1) is 18.6. The van der Waals surface area contributed by atoms with Crippen LogP contribution in [-0.2, 0) is 0 Å². The minimum absolute atomic E-state index is 0.393. The van der Waals surface area contributed by atoms with Gasteiger partial charge in [-0.1, -0.05) is 59.2 Å². The molecule has 4 rings (SSSR count). The van der Waals surface area contributed by atoms with Gasteiger partial charge in [-0.05, 0) is 42.8 Å². The third kappa shape index (κ3) is 3.66. The zero-order valence-corrected chi connectivity index (χ0v) is 16.8. The second kappa shape index (κ2) is 7.70. The molecule has 2 N–H and O–H groups in total. The summed E-state index contributed by atoms with van der Waals surface area (Å²) in [6.45, 7) is 2.47. The number of hydrazone groups is 1. The highest BCUT2D eigenvalue weighted by atomic mass is 35.5. The molecule has 0 saturated carbocycles. The van der Waals surface area contributed by atoms with Gasteiger partial charge in [0.2, 0.25) is 0 Å². The standard InChI is InChI=1S/C20H17Cl2N3OS/c1-12-5-2-3-8-16(12)27-17-10-9-15-19(20(26)23-11-25(15)24-17)18-13(21)6-4-7-14(18)22/h2-10,20,23,26H,11H2,1H3. The van der Waals surface area contributed by atoms with Gasteiger partial charge in [0.05, 0.1) is 12.4 Å². The van der Waals surface area contributed by atoms with Crippen LogP contribution in [-0.4, -0.2) is 28.1 Å². The molecule has 7 heteroatoms. The fourth-order valence-corrected chi connectivity index (χ4v) is 4.54. The third-order valence-electron chi connectivity index (χ3n) is 4.41. The Morgan fingerprint density at radius 3 is 2.59 bits per heavy atom. The highest BCUT2D eigenvalue weighted by Crippen LogP contribution is 2.38. The number of aliphatic hydroxyl groups excluding tert-OH is 1. The number of nitrogens with zero attached hydrogens (tertiary/aromatic N) is 2. The fraction of sp³-hybridized carbons (Fsp3) is 0.150. The van der Waals surface area contributed by atoms with Gasteiger partial charge in [-0.2, -0.15) is 5.10 Å². The molecule has 1 unspecified atom stereocenters. The maximum atomic E-state index is 10.5. The summed E-state index contributed by atoms with van der Waals surface area (Å²) >= 11 is 14.4. The number of benzene rings is 2. The number of thioether (sulfide) groups is 1. The molecule has 0 aromatic heterocycles. The Labute approximate surface area is 172 Å². The van der Waals surface area contributed by atoms with Gasteiger partial charge in [-0.25, -0.2) is 5.01 Å². The maximum Gasteiger partial charge on any atom is 0.135 e. The van der Waals surface area contributed by atoms with Gasteiger partial charge in [0.1, 0.15) is 11.3 Å². The van der Waals surface area contributed by atoms with Crippen molar-refractivity contribution in [2.75, 3.05) is 6.67 Å². The lowest BCUT2D eigenvalue weighted by Crippen LogP contribution is -2.44. The van der Waals surface area contributed by atoms with Crippen molar-refractivity contribution >= 4 is 45.6 Å². The molecule has 2 aromatic rings. The quantitative estimate of drug-likeness (QED) is 0.731. The van der Waals surface area contributed by atoms with E-state index in [4.69, 9.17) is 28.3 Å². The van der Waals surface area contributed by atoms with Gasteiger partial charge < -0.3 is 5.11 Å². The van der Waals surface area contributed by atoms with E-state index in [0.29, 0.717) is 27.9 Å². The number of hydrogen-bond donors (Lipinski definition) is 2. The Kier molecular flexibility index (Phi) is 5.30. The van der Waals surface area contributed by atoms with Crippen LogP contribution in [0.4, 0.5) is 0 Å². The van der Waals surface area contributed by atoms with Crippen LogP contribution in [0.1, 0.15) is 11.1 Å². The van der Waals surface area contributed by atoms with E-state index in [1.54, 1.807) is 30.0 Å². The van der Waals surface area contributed by atoms with E-state index in [-0.39, 0.29) is 0 Å². The molecule has 0 aliphatic carbocycles. The van der Waals surface area contributed by atoms with E-state index in [1.807, 2.05) is 29.3 Å². The molecular weight excluding hydrogens is 401 g/mol. The number of hydrogen-bond acceptors (Lipinski definition) is 5. The summed E-state index contributed by atoms with van der Waals surface area (Å²) in [5, 5.41) is 22.0. The van der Waals surface area contributed by atoms with Crippen LogP contribution in [0.2, 0.25) is 10.0 Å². The third-order valence-corrected chi connectivity index (χ3v) is 6.14. The zero-order chi connectivity index (χ0) is 19.0. The van der Waals surface area contributed by atoms with Crippen LogP contribution in [0.5, 0.6) is 0 Å². The van der Waals surface area contributed by atoms with Crippen molar-refractivity contribution in [1.29, 1.82) is 0 Å². The Morgan fingerprint density at radius 2 is 1.85 bits per heavy atom. The summed E-state index contributed by atoms with van der Waals surface area (Å²) < 4.78 is 0. The first-order valence-corrected chi connectivity index (χ1v) is 9.99. The molecule has 2 aliphatic rings. The second-order valence-corrected chi connectivity index (χ2v) is 8.08. The lowest BCUT2D eigenvalue weighted by atomic mass is 9.99. The number of allylic oxidation sites excluding steroid dienone is 1. The van der Waals surface area contributed by atoms with Crippen LogP contribution in [0.25, 0.3) is 5.57 Å². The summed E-state index contributed by atoms with van der Waals surface area (Å²) in [5.74, 6) is 0. The number of halogens is 2. The van der Waals surface area contributed by atoms with Crippen LogP contribution in [0.3, 0.4) is 0 Å². The van der Waals surface area contributed by atoms with Crippen LogP contribution < -0.4 is 5.32 Å². The molecule has 1 atom stereocenters. The average molecular weight is 418 g/mol. The van der Waals surface area contributed by atoms with E-state index >= 15 is 0 Å². The van der Waals surface area contributed by atoms with Crippen molar-refractivity contribution in [3.63, 3.8) is 0 Å². The lowest BCUT2D eigenvalue weighted by Gasteiger charge is -2.35. The van der Waals surface area contributed by atoms with E-state index in [9.17, 15) is 5.11 Å². The Hall–Kier alpha value is -1.76. The van der Waals surface area contributed by atoms with E-state index in [2.05, 4.69) is 24.4 Å². The number of fused-ring (bicyclic) bond motifs is 1. The Bertz CT molecular complexity index is 967. The number of aliphatic hydroxyl groups is 1.